The van der Waals surface area contributed by atoms with Crippen molar-refractivity contribution >= 4 is 0 Å². The highest BCUT2D eigenvalue weighted by Gasteiger charge is 2.36. The van der Waals surface area contributed by atoms with Crippen LogP contribution in [0.3, 0.4) is 0 Å². The second-order valence-corrected chi connectivity index (χ2v) is 3.63. The minimum absolute atomic E-state index is 0.224. The van der Waals surface area contributed by atoms with Crippen LogP contribution < -0.4 is 0 Å². The van der Waals surface area contributed by atoms with E-state index in [-0.39, 0.29) is 11.7 Å². The summed E-state index contributed by atoms with van der Waals surface area (Å²) in [5.74, 6) is 0. The predicted molar refractivity (Wildman–Crippen MR) is 40.9 cm³/mol. The van der Waals surface area contributed by atoms with Crippen LogP contribution in [0.2, 0.25) is 0 Å². The number of hydrogen-bond acceptors (Lipinski definition) is 3. The highest BCUT2D eigenvalue weighted by molar-refractivity contribution is 4.74. The molecule has 1 saturated heterocycles. The van der Waals surface area contributed by atoms with Crippen molar-refractivity contribution in [2.45, 2.75) is 39.8 Å². The van der Waals surface area contributed by atoms with Crippen LogP contribution >= 0.6 is 0 Å². The SMILES string of the molecule is CC[C@H]1OCC(C)(C)[C@H](O)O1. The minimum atomic E-state index is -0.693. The Labute approximate surface area is 67.3 Å². The Bertz CT molecular complexity index is 133. The molecule has 0 unspecified atom stereocenters. The molecule has 0 saturated carbocycles. The van der Waals surface area contributed by atoms with Gasteiger partial charge in [-0.05, 0) is 6.42 Å². The first-order chi connectivity index (χ1) is 5.06. The Hall–Kier alpha value is -0.120. The smallest absolute Gasteiger partial charge is 0.164 e. The number of ether oxygens (including phenoxy) is 2. The molecule has 0 spiro atoms. The average molecular weight is 160 g/mol. The molecule has 0 aromatic carbocycles. The van der Waals surface area contributed by atoms with Crippen LogP contribution in [0.5, 0.6) is 0 Å². The lowest BCUT2D eigenvalue weighted by Crippen LogP contribution is -2.45. The summed E-state index contributed by atoms with van der Waals surface area (Å²) in [6.45, 7) is 6.37. The highest BCUT2D eigenvalue weighted by Crippen LogP contribution is 2.28. The van der Waals surface area contributed by atoms with E-state index in [1.807, 2.05) is 20.8 Å². The second-order valence-electron chi connectivity index (χ2n) is 3.63. The number of aliphatic hydroxyl groups is 1. The summed E-state index contributed by atoms with van der Waals surface area (Å²) in [7, 11) is 0. The molecule has 2 atom stereocenters. The number of aliphatic hydroxyl groups excluding tert-OH is 1. The van der Waals surface area contributed by atoms with Gasteiger partial charge in [0.1, 0.15) is 0 Å². The Morgan fingerprint density at radius 1 is 1.55 bits per heavy atom. The molecular formula is C8H16O3. The normalized spacial score (nSPS) is 37.1. The zero-order valence-corrected chi connectivity index (χ0v) is 7.33. The second kappa shape index (κ2) is 3.09. The van der Waals surface area contributed by atoms with Crippen LogP contribution in [-0.2, 0) is 9.47 Å². The van der Waals surface area contributed by atoms with Crippen molar-refractivity contribution in [1.82, 2.24) is 0 Å². The summed E-state index contributed by atoms with van der Waals surface area (Å²) in [4.78, 5) is 0. The third-order valence-electron chi connectivity index (χ3n) is 1.92. The fourth-order valence-corrected chi connectivity index (χ4v) is 0.960. The Morgan fingerprint density at radius 3 is 2.64 bits per heavy atom. The molecule has 1 aliphatic heterocycles. The summed E-state index contributed by atoms with van der Waals surface area (Å²) in [5, 5.41) is 9.44. The molecule has 1 aliphatic rings. The van der Waals surface area contributed by atoms with E-state index in [0.29, 0.717) is 6.61 Å². The first kappa shape index (κ1) is 8.97. The monoisotopic (exact) mass is 160 g/mol. The molecule has 1 rings (SSSR count). The van der Waals surface area contributed by atoms with Crippen LogP contribution in [0.4, 0.5) is 0 Å². The Morgan fingerprint density at radius 2 is 2.18 bits per heavy atom. The summed E-state index contributed by atoms with van der Waals surface area (Å²) in [5.41, 5.74) is -0.272. The van der Waals surface area contributed by atoms with E-state index in [1.165, 1.54) is 0 Å². The lowest BCUT2D eigenvalue weighted by molar-refractivity contribution is -0.318. The molecule has 0 bridgehead atoms. The van der Waals surface area contributed by atoms with Gasteiger partial charge in [0.2, 0.25) is 0 Å². The lowest BCUT2D eigenvalue weighted by atomic mass is 9.93. The van der Waals surface area contributed by atoms with Crippen LogP contribution in [0.25, 0.3) is 0 Å². The maximum absolute atomic E-state index is 9.44. The van der Waals surface area contributed by atoms with Gasteiger partial charge in [-0.3, -0.25) is 0 Å². The fraction of sp³-hybridized carbons (Fsp3) is 1.00. The Kier molecular flexibility index (Phi) is 2.52. The fourth-order valence-electron chi connectivity index (χ4n) is 0.960. The standard InChI is InChI=1S/C8H16O3/c1-4-6-10-5-8(2,3)7(9)11-6/h6-7,9H,4-5H2,1-3H3/t6-,7+/m0/s1. The van der Waals surface area contributed by atoms with Gasteiger partial charge in [-0.2, -0.15) is 0 Å². The molecule has 1 N–H and O–H groups in total. The van der Waals surface area contributed by atoms with Crippen molar-refractivity contribution in [3.63, 3.8) is 0 Å². The Balaban J connectivity index is 2.48. The summed E-state index contributed by atoms with van der Waals surface area (Å²) < 4.78 is 10.5. The molecule has 0 aromatic heterocycles. The molecule has 0 radical (unpaired) electrons. The molecule has 1 fully saturated rings. The largest absolute Gasteiger partial charge is 0.367 e. The van der Waals surface area contributed by atoms with E-state index in [0.717, 1.165) is 6.42 Å². The van der Waals surface area contributed by atoms with Gasteiger partial charge in [0.05, 0.1) is 6.61 Å². The van der Waals surface area contributed by atoms with Crippen molar-refractivity contribution in [3.8, 4) is 0 Å². The molecule has 3 nitrogen and oxygen atoms in total. The third kappa shape index (κ3) is 1.92. The number of rotatable bonds is 1. The van der Waals surface area contributed by atoms with Crippen molar-refractivity contribution in [1.29, 1.82) is 0 Å². The average Bonchev–Trinajstić information content (AvgIpc) is 1.95. The van der Waals surface area contributed by atoms with Crippen molar-refractivity contribution in [2.75, 3.05) is 6.61 Å². The van der Waals surface area contributed by atoms with Crippen molar-refractivity contribution < 1.29 is 14.6 Å². The lowest BCUT2D eigenvalue weighted by Gasteiger charge is -2.38. The maximum Gasteiger partial charge on any atom is 0.164 e. The quantitative estimate of drug-likeness (QED) is 0.624. The molecule has 66 valence electrons. The van der Waals surface area contributed by atoms with Crippen LogP contribution in [0, 0.1) is 5.41 Å². The molecule has 1 heterocycles. The van der Waals surface area contributed by atoms with Crippen molar-refractivity contribution in [2.24, 2.45) is 5.41 Å². The third-order valence-corrected chi connectivity index (χ3v) is 1.92. The van der Waals surface area contributed by atoms with Gasteiger partial charge >= 0.3 is 0 Å². The molecule has 0 amide bonds. The minimum Gasteiger partial charge on any atom is -0.367 e. The van der Waals surface area contributed by atoms with E-state index >= 15 is 0 Å². The zero-order chi connectivity index (χ0) is 8.48. The molecule has 3 heteroatoms. The van der Waals surface area contributed by atoms with Gasteiger partial charge in [0.15, 0.2) is 12.6 Å². The molecular weight excluding hydrogens is 144 g/mol. The van der Waals surface area contributed by atoms with Crippen LogP contribution in [-0.4, -0.2) is 24.3 Å². The van der Waals surface area contributed by atoms with E-state index in [2.05, 4.69) is 0 Å². The van der Waals surface area contributed by atoms with Gasteiger partial charge < -0.3 is 14.6 Å². The highest BCUT2D eigenvalue weighted by atomic mass is 16.7. The summed E-state index contributed by atoms with van der Waals surface area (Å²) in [6.07, 6.45) is -0.133. The van der Waals surface area contributed by atoms with Gasteiger partial charge in [-0.1, -0.05) is 20.8 Å². The van der Waals surface area contributed by atoms with Crippen LogP contribution in [0.15, 0.2) is 0 Å². The van der Waals surface area contributed by atoms with Crippen molar-refractivity contribution in [3.05, 3.63) is 0 Å². The van der Waals surface area contributed by atoms with E-state index in [9.17, 15) is 5.11 Å². The zero-order valence-electron chi connectivity index (χ0n) is 7.33. The maximum atomic E-state index is 9.44. The molecule has 0 aliphatic carbocycles. The van der Waals surface area contributed by atoms with Gasteiger partial charge in [-0.25, -0.2) is 0 Å². The van der Waals surface area contributed by atoms with Gasteiger partial charge in [0.25, 0.3) is 0 Å². The van der Waals surface area contributed by atoms with E-state index < -0.39 is 6.29 Å². The first-order valence-electron chi connectivity index (χ1n) is 4.01. The molecule has 0 aromatic rings. The predicted octanol–water partition coefficient (Wildman–Crippen LogP) is 1.11. The summed E-state index contributed by atoms with van der Waals surface area (Å²) >= 11 is 0. The molecule has 11 heavy (non-hydrogen) atoms. The van der Waals surface area contributed by atoms with Gasteiger partial charge in [-0.15, -0.1) is 0 Å². The topological polar surface area (TPSA) is 38.7 Å². The first-order valence-corrected chi connectivity index (χ1v) is 4.01. The van der Waals surface area contributed by atoms with E-state index in [4.69, 9.17) is 9.47 Å². The van der Waals surface area contributed by atoms with E-state index in [1.54, 1.807) is 0 Å². The van der Waals surface area contributed by atoms with Crippen LogP contribution in [0.1, 0.15) is 27.2 Å². The number of hydrogen-bond donors (Lipinski definition) is 1. The van der Waals surface area contributed by atoms with Gasteiger partial charge in [0, 0.05) is 5.41 Å². The summed E-state index contributed by atoms with van der Waals surface area (Å²) in [6, 6.07) is 0.